The maximum Gasteiger partial charge on any atom is 0.243 e. The fourth-order valence-electron chi connectivity index (χ4n) is 3.09. The lowest BCUT2D eigenvalue weighted by atomic mass is 10.0. The number of thiazole rings is 1. The van der Waals surface area contributed by atoms with Gasteiger partial charge in [0.15, 0.2) is 5.13 Å². The number of nitrogens with one attached hydrogen (secondary N) is 1. The number of aromatic nitrogens is 1. The maximum atomic E-state index is 12.4. The second-order valence-electron chi connectivity index (χ2n) is 6.35. The summed E-state index contributed by atoms with van der Waals surface area (Å²) in [5, 5.41) is 13.5. The van der Waals surface area contributed by atoms with E-state index in [2.05, 4.69) is 10.3 Å². The molecule has 2 N–H and O–H groups in total. The van der Waals surface area contributed by atoms with Gasteiger partial charge in [-0.05, 0) is 44.9 Å². The van der Waals surface area contributed by atoms with Crippen LogP contribution in [0.2, 0.25) is 0 Å². The van der Waals surface area contributed by atoms with Gasteiger partial charge in [0.25, 0.3) is 0 Å². The summed E-state index contributed by atoms with van der Waals surface area (Å²) in [4.78, 5) is 18.9. The third kappa shape index (κ3) is 3.71. The number of carbonyl (C=O) groups excluding carboxylic acids is 1. The minimum absolute atomic E-state index is 0.0564. The number of hydrogen-bond acceptors (Lipinski definition) is 5. The Morgan fingerprint density at radius 1 is 1.48 bits per heavy atom. The van der Waals surface area contributed by atoms with Crippen LogP contribution < -0.4 is 5.32 Å². The highest BCUT2D eigenvalue weighted by atomic mass is 32.1. The molecule has 1 aliphatic rings. The molecule has 1 aliphatic carbocycles. The molecule has 23 heavy (non-hydrogen) atoms. The molecule has 3 atom stereocenters. The minimum Gasteiger partial charge on any atom is -0.393 e. The first-order valence-corrected chi connectivity index (χ1v) is 8.91. The summed E-state index contributed by atoms with van der Waals surface area (Å²) in [6, 6.07) is 7.60. The van der Waals surface area contributed by atoms with E-state index in [4.69, 9.17) is 0 Å². The maximum absolute atomic E-state index is 12.4. The van der Waals surface area contributed by atoms with Gasteiger partial charge < -0.3 is 10.4 Å². The van der Waals surface area contributed by atoms with Gasteiger partial charge >= 0.3 is 0 Å². The molecule has 0 spiro atoms. The van der Waals surface area contributed by atoms with Gasteiger partial charge in [0, 0.05) is 6.54 Å². The number of para-hydroxylation sites is 1. The van der Waals surface area contributed by atoms with Crippen LogP contribution in [0.25, 0.3) is 10.2 Å². The van der Waals surface area contributed by atoms with Crippen molar-refractivity contribution in [2.45, 2.75) is 38.3 Å². The monoisotopic (exact) mass is 333 g/mol. The number of aliphatic hydroxyl groups is 1. The highest BCUT2D eigenvalue weighted by Gasteiger charge is 2.29. The van der Waals surface area contributed by atoms with E-state index in [9.17, 15) is 9.90 Å². The lowest BCUT2D eigenvalue weighted by Gasteiger charge is -2.27. The fraction of sp³-hybridized carbons (Fsp3) is 0.529. The molecule has 0 radical (unpaired) electrons. The van der Waals surface area contributed by atoms with Crippen molar-refractivity contribution in [2.75, 3.05) is 18.9 Å². The normalized spacial score (nSPS) is 22.6. The molecule has 0 aliphatic heterocycles. The molecule has 1 aromatic heterocycles. The van der Waals surface area contributed by atoms with Crippen molar-refractivity contribution in [1.29, 1.82) is 0 Å². The van der Waals surface area contributed by atoms with Crippen LogP contribution in [0, 0.1) is 5.92 Å². The fourth-order valence-corrected chi connectivity index (χ4v) is 3.96. The number of anilines is 1. The molecule has 0 bridgehead atoms. The third-order valence-electron chi connectivity index (χ3n) is 4.71. The van der Waals surface area contributed by atoms with Gasteiger partial charge in [0.05, 0.1) is 22.4 Å². The number of aliphatic hydroxyl groups excluding tert-OH is 1. The summed E-state index contributed by atoms with van der Waals surface area (Å²) >= 11 is 1.49. The quantitative estimate of drug-likeness (QED) is 0.883. The molecule has 1 amide bonds. The van der Waals surface area contributed by atoms with Gasteiger partial charge in [-0.15, -0.1) is 0 Å². The summed E-state index contributed by atoms with van der Waals surface area (Å²) in [6.07, 6.45) is 2.77. The smallest absolute Gasteiger partial charge is 0.243 e. The van der Waals surface area contributed by atoms with E-state index in [1.807, 2.05) is 43.1 Å². The average molecular weight is 333 g/mol. The van der Waals surface area contributed by atoms with Gasteiger partial charge in [-0.25, -0.2) is 4.98 Å². The van der Waals surface area contributed by atoms with Crippen LogP contribution in [-0.2, 0) is 4.79 Å². The van der Waals surface area contributed by atoms with E-state index in [0.717, 1.165) is 36.0 Å². The van der Waals surface area contributed by atoms with Crippen molar-refractivity contribution in [1.82, 2.24) is 9.88 Å². The summed E-state index contributed by atoms with van der Waals surface area (Å²) < 4.78 is 1.07. The first-order chi connectivity index (χ1) is 11.0. The zero-order valence-corrected chi connectivity index (χ0v) is 14.3. The van der Waals surface area contributed by atoms with Crippen molar-refractivity contribution < 1.29 is 9.90 Å². The van der Waals surface area contributed by atoms with Crippen molar-refractivity contribution in [3.63, 3.8) is 0 Å². The van der Waals surface area contributed by atoms with E-state index in [0.29, 0.717) is 5.13 Å². The van der Waals surface area contributed by atoms with Crippen LogP contribution in [0.4, 0.5) is 5.13 Å². The SMILES string of the molecule is CC(C(=O)Nc1nc2ccccc2s1)N(C)CC1CCCC1O. The molecule has 6 heteroatoms. The van der Waals surface area contributed by atoms with Crippen LogP contribution in [0.5, 0.6) is 0 Å². The number of carbonyl (C=O) groups is 1. The predicted octanol–water partition coefficient (Wildman–Crippen LogP) is 2.72. The Morgan fingerprint density at radius 2 is 2.26 bits per heavy atom. The molecule has 124 valence electrons. The molecule has 3 unspecified atom stereocenters. The van der Waals surface area contributed by atoms with E-state index >= 15 is 0 Å². The second-order valence-corrected chi connectivity index (χ2v) is 7.38. The van der Waals surface area contributed by atoms with Crippen molar-refractivity contribution >= 4 is 32.6 Å². The lowest BCUT2D eigenvalue weighted by Crippen LogP contribution is -2.43. The van der Waals surface area contributed by atoms with Crippen molar-refractivity contribution in [2.24, 2.45) is 5.92 Å². The number of amides is 1. The molecule has 1 fully saturated rings. The van der Waals surface area contributed by atoms with Gasteiger partial charge in [0.2, 0.25) is 5.91 Å². The molecule has 2 aromatic rings. The number of hydrogen-bond donors (Lipinski definition) is 2. The molecule has 1 heterocycles. The topological polar surface area (TPSA) is 65.5 Å². The lowest BCUT2D eigenvalue weighted by molar-refractivity contribution is -0.120. The Morgan fingerprint density at radius 3 is 2.96 bits per heavy atom. The van der Waals surface area contributed by atoms with E-state index < -0.39 is 0 Å². The van der Waals surface area contributed by atoms with Crippen LogP contribution in [0.3, 0.4) is 0 Å². The van der Waals surface area contributed by atoms with Crippen molar-refractivity contribution in [3.8, 4) is 0 Å². The molecule has 0 saturated heterocycles. The Bertz CT molecular complexity index is 654. The molecular formula is C17H23N3O2S. The molecule has 1 saturated carbocycles. The van der Waals surface area contributed by atoms with Gasteiger partial charge in [-0.1, -0.05) is 29.9 Å². The van der Waals surface area contributed by atoms with Crippen LogP contribution >= 0.6 is 11.3 Å². The zero-order valence-electron chi connectivity index (χ0n) is 13.5. The average Bonchev–Trinajstić information content (AvgIpc) is 3.12. The molecule has 3 rings (SSSR count). The Hall–Kier alpha value is -1.50. The van der Waals surface area contributed by atoms with Gasteiger partial charge in [-0.3, -0.25) is 9.69 Å². The van der Waals surface area contributed by atoms with Gasteiger partial charge in [-0.2, -0.15) is 0 Å². The van der Waals surface area contributed by atoms with E-state index in [1.54, 1.807) is 0 Å². The molecule has 5 nitrogen and oxygen atoms in total. The van der Waals surface area contributed by atoms with Crippen LogP contribution in [0.15, 0.2) is 24.3 Å². The molecular weight excluding hydrogens is 310 g/mol. The summed E-state index contributed by atoms with van der Waals surface area (Å²) in [6.45, 7) is 2.64. The predicted molar refractivity (Wildman–Crippen MR) is 93.7 cm³/mol. The number of nitrogens with zero attached hydrogens (tertiary/aromatic N) is 2. The number of rotatable bonds is 5. The first-order valence-electron chi connectivity index (χ1n) is 8.09. The van der Waals surface area contributed by atoms with E-state index in [-0.39, 0.29) is 24.0 Å². The van der Waals surface area contributed by atoms with E-state index in [1.165, 1.54) is 11.3 Å². The Labute approximate surface area is 140 Å². The number of fused-ring (bicyclic) bond motifs is 1. The highest BCUT2D eigenvalue weighted by Crippen LogP contribution is 2.27. The summed E-state index contributed by atoms with van der Waals surface area (Å²) in [5.74, 6) is 0.219. The minimum atomic E-state index is -0.255. The largest absolute Gasteiger partial charge is 0.393 e. The number of benzene rings is 1. The first kappa shape index (κ1) is 16.4. The Kier molecular flexibility index (Phi) is 4.94. The van der Waals surface area contributed by atoms with Crippen LogP contribution in [0.1, 0.15) is 26.2 Å². The standard InChI is InChI=1S/C17H23N3O2S/c1-11(20(2)10-12-6-5-8-14(12)21)16(22)19-17-18-13-7-3-4-9-15(13)23-17/h3-4,7,9,11-12,14,21H,5-6,8,10H2,1-2H3,(H,18,19,22). The number of likely N-dealkylation sites (N-methyl/N-ethyl adjacent to an activating group) is 1. The molecule has 1 aromatic carbocycles. The van der Waals surface area contributed by atoms with Gasteiger partial charge in [0.1, 0.15) is 0 Å². The second kappa shape index (κ2) is 6.95. The summed E-state index contributed by atoms with van der Waals surface area (Å²) in [5.41, 5.74) is 0.905. The highest BCUT2D eigenvalue weighted by molar-refractivity contribution is 7.22. The van der Waals surface area contributed by atoms with Crippen molar-refractivity contribution in [3.05, 3.63) is 24.3 Å². The summed E-state index contributed by atoms with van der Waals surface area (Å²) in [7, 11) is 1.94. The van der Waals surface area contributed by atoms with Crippen LogP contribution in [-0.4, -0.2) is 46.6 Å². The Balaban J connectivity index is 1.60. The third-order valence-corrected chi connectivity index (χ3v) is 5.66. The zero-order chi connectivity index (χ0) is 16.4.